The van der Waals surface area contributed by atoms with Crippen LogP contribution in [0.1, 0.15) is 84.5 Å². The van der Waals surface area contributed by atoms with Crippen LogP contribution in [0.5, 0.6) is 0 Å². The Labute approximate surface area is 178 Å². The van der Waals surface area contributed by atoms with Gasteiger partial charge in [0.2, 0.25) is 0 Å². The Bertz CT molecular complexity index is 829. The molecule has 5 aliphatic rings. The number of aliphatic carboxylic acids is 1. The molecule has 0 aromatic heterocycles. The number of fused-ring (bicyclic) bond motifs is 6. The van der Waals surface area contributed by atoms with Gasteiger partial charge in [0.15, 0.2) is 5.78 Å². The Kier molecular flexibility index (Phi) is 4.51. The lowest BCUT2D eigenvalue weighted by Gasteiger charge is -2.61. The molecule has 0 bridgehead atoms. The molecule has 0 amide bonds. The molecule has 1 N–H and O–H groups in total. The van der Waals surface area contributed by atoms with Gasteiger partial charge < -0.3 is 9.84 Å². The average molecular weight is 415 g/mol. The van der Waals surface area contributed by atoms with Gasteiger partial charge in [0.1, 0.15) is 5.60 Å². The zero-order valence-electron chi connectivity index (χ0n) is 18.2. The maximum Gasteiger partial charge on any atom is 0.306 e. The number of hydrogen-bond donors (Lipinski definition) is 1. The van der Waals surface area contributed by atoms with Crippen molar-refractivity contribution >= 4 is 17.7 Å². The number of ketones is 1. The van der Waals surface area contributed by atoms with E-state index in [4.69, 9.17) is 4.74 Å². The first kappa shape index (κ1) is 20.3. The van der Waals surface area contributed by atoms with Crippen molar-refractivity contribution in [1.82, 2.24) is 0 Å². The second kappa shape index (κ2) is 6.67. The van der Waals surface area contributed by atoms with Gasteiger partial charge in [-0.2, -0.15) is 0 Å². The molecule has 0 aromatic rings. The minimum Gasteiger partial charge on any atom is -0.481 e. The molecule has 30 heavy (non-hydrogen) atoms. The molecule has 0 radical (unpaired) electrons. The molecule has 4 fully saturated rings. The molecule has 7 atom stereocenters. The molecule has 5 rings (SSSR count). The maximum atomic E-state index is 12.2. The summed E-state index contributed by atoms with van der Waals surface area (Å²) >= 11 is 0. The molecule has 4 aliphatic carbocycles. The number of ether oxygens (including phenoxy) is 1. The van der Waals surface area contributed by atoms with Crippen molar-refractivity contribution in [1.29, 1.82) is 0 Å². The normalized spacial score (nSPS) is 47.3. The minimum absolute atomic E-state index is 0.0101. The van der Waals surface area contributed by atoms with E-state index in [9.17, 15) is 19.5 Å². The van der Waals surface area contributed by atoms with Crippen molar-refractivity contribution in [3.63, 3.8) is 0 Å². The largest absolute Gasteiger partial charge is 0.481 e. The summed E-state index contributed by atoms with van der Waals surface area (Å²) in [5.74, 6) is 1.17. The molecule has 0 aromatic carbocycles. The number of carbonyl (C=O) groups is 3. The van der Waals surface area contributed by atoms with Crippen molar-refractivity contribution in [2.24, 2.45) is 34.5 Å². The topological polar surface area (TPSA) is 80.7 Å². The van der Waals surface area contributed by atoms with Crippen LogP contribution in [0.15, 0.2) is 11.6 Å². The number of carbonyl (C=O) groups excluding carboxylic acids is 2. The highest BCUT2D eigenvalue weighted by molar-refractivity contribution is 5.91. The summed E-state index contributed by atoms with van der Waals surface area (Å²) in [6.07, 6.45) is 10.7. The Morgan fingerprint density at radius 3 is 2.57 bits per heavy atom. The standard InChI is InChI=1S/C25H34O5/c1-23-9-5-17(26)14-16(23)13-15(3-4-20(27)28)22-18(23)6-10-24(2)19(22)7-11-25(24)12-8-21(29)30-25/h14-15,18-19,22H,3-13H2,1-2H3,(H,27,28)/t15?,18?,19?,22?,23?,24?,25-/m1/s1. The second-order valence-electron chi connectivity index (χ2n) is 11.2. The summed E-state index contributed by atoms with van der Waals surface area (Å²) in [5.41, 5.74) is 1.02. The van der Waals surface area contributed by atoms with Crippen LogP contribution in [0, 0.1) is 34.5 Å². The van der Waals surface area contributed by atoms with Crippen LogP contribution in [-0.4, -0.2) is 28.4 Å². The molecule has 1 heterocycles. The first-order valence-corrected chi connectivity index (χ1v) is 11.9. The SMILES string of the molecule is CC12CCC(=O)C=C1CC(CCC(=O)O)C1C2CCC2(C)C1CC[C@@]21CCC(=O)O1. The third-order valence-corrected chi connectivity index (χ3v) is 10.2. The van der Waals surface area contributed by atoms with Crippen LogP contribution in [0.25, 0.3) is 0 Å². The van der Waals surface area contributed by atoms with Gasteiger partial charge in [-0.25, -0.2) is 0 Å². The quantitative estimate of drug-likeness (QED) is 0.678. The highest BCUT2D eigenvalue weighted by atomic mass is 16.6. The summed E-state index contributed by atoms with van der Waals surface area (Å²) in [7, 11) is 0. The summed E-state index contributed by atoms with van der Waals surface area (Å²) in [6, 6.07) is 0. The fraction of sp³-hybridized carbons (Fsp3) is 0.800. The summed E-state index contributed by atoms with van der Waals surface area (Å²) in [4.78, 5) is 35.7. The Balaban J connectivity index is 1.53. The summed E-state index contributed by atoms with van der Waals surface area (Å²) < 4.78 is 6.05. The van der Waals surface area contributed by atoms with Gasteiger partial charge in [0, 0.05) is 24.7 Å². The Morgan fingerprint density at radius 2 is 1.87 bits per heavy atom. The third kappa shape index (κ3) is 2.69. The first-order valence-electron chi connectivity index (χ1n) is 11.9. The van der Waals surface area contributed by atoms with E-state index >= 15 is 0 Å². The minimum atomic E-state index is -0.736. The highest BCUT2D eigenvalue weighted by Gasteiger charge is 2.68. The van der Waals surface area contributed by atoms with Gasteiger partial charge in [-0.05, 0) is 86.5 Å². The monoisotopic (exact) mass is 414 g/mol. The molecule has 1 spiro atoms. The van der Waals surface area contributed by atoms with Crippen LogP contribution in [-0.2, 0) is 19.1 Å². The molecule has 6 unspecified atom stereocenters. The van der Waals surface area contributed by atoms with Crippen molar-refractivity contribution < 1.29 is 24.2 Å². The van der Waals surface area contributed by atoms with E-state index in [-0.39, 0.29) is 34.6 Å². The lowest BCUT2D eigenvalue weighted by atomic mass is 9.43. The third-order valence-electron chi connectivity index (χ3n) is 10.2. The predicted octanol–water partition coefficient (Wildman–Crippen LogP) is 4.69. The van der Waals surface area contributed by atoms with Crippen LogP contribution in [0.2, 0.25) is 0 Å². The van der Waals surface area contributed by atoms with E-state index in [0.29, 0.717) is 42.9 Å². The van der Waals surface area contributed by atoms with E-state index < -0.39 is 5.97 Å². The van der Waals surface area contributed by atoms with E-state index in [2.05, 4.69) is 13.8 Å². The predicted molar refractivity (Wildman–Crippen MR) is 111 cm³/mol. The Morgan fingerprint density at radius 1 is 1.10 bits per heavy atom. The second-order valence-corrected chi connectivity index (χ2v) is 11.2. The zero-order chi connectivity index (χ0) is 21.3. The van der Waals surface area contributed by atoms with E-state index in [1.54, 1.807) is 0 Å². The van der Waals surface area contributed by atoms with Crippen LogP contribution in [0.3, 0.4) is 0 Å². The molecule has 164 valence electrons. The van der Waals surface area contributed by atoms with E-state index in [1.807, 2.05) is 6.08 Å². The molecule has 1 aliphatic heterocycles. The van der Waals surface area contributed by atoms with Gasteiger partial charge in [-0.1, -0.05) is 19.4 Å². The van der Waals surface area contributed by atoms with Gasteiger partial charge in [-0.15, -0.1) is 0 Å². The van der Waals surface area contributed by atoms with Crippen LogP contribution >= 0.6 is 0 Å². The molecular formula is C25H34O5. The molecule has 5 heteroatoms. The van der Waals surface area contributed by atoms with Crippen molar-refractivity contribution in [2.45, 2.75) is 90.1 Å². The number of carboxylic acids is 1. The fourth-order valence-electron chi connectivity index (χ4n) is 8.60. The first-order chi connectivity index (χ1) is 14.2. The van der Waals surface area contributed by atoms with Gasteiger partial charge in [-0.3, -0.25) is 14.4 Å². The highest BCUT2D eigenvalue weighted by Crippen LogP contribution is 2.71. The number of hydrogen-bond acceptors (Lipinski definition) is 4. The number of rotatable bonds is 3. The molecular weight excluding hydrogens is 380 g/mol. The number of esters is 1. The van der Waals surface area contributed by atoms with Crippen molar-refractivity contribution in [3.05, 3.63) is 11.6 Å². The van der Waals surface area contributed by atoms with Crippen molar-refractivity contribution in [3.8, 4) is 0 Å². The van der Waals surface area contributed by atoms with Crippen molar-refractivity contribution in [2.75, 3.05) is 0 Å². The van der Waals surface area contributed by atoms with E-state index in [0.717, 1.165) is 44.9 Å². The van der Waals surface area contributed by atoms with Crippen LogP contribution < -0.4 is 0 Å². The molecule has 3 saturated carbocycles. The lowest BCUT2D eigenvalue weighted by molar-refractivity contribution is -0.171. The Hall–Kier alpha value is -1.65. The number of allylic oxidation sites excluding steroid dienone is 1. The smallest absolute Gasteiger partial charge is 0.306 e. The van der Waals surface area contributed by atoms with Gasteiger partial charge in [0.25, 0.3) is 0 Å². The maximum absolute atomic E-state index is 12.2. The fourth-order valence-corrected chi connectivity index (χ4v) is 8.60. The lowest BCUT2D eigenvalue weighted by Crippen LogP contribution is -2.57. The molecule has 1 saturated heterocycles. The molecule has 5 nitrogen and oxygen atoms in total. The zero-order valence-corrected chi connectivity index (χ0v) is 18.2. The number of carboxylic acid groups (broad SMARTS) is 1. The average Bonchev–Trinajstić information content (AvgIpc) is 3.21. The summed E-state index contributed by atoms with van der Waals surface area (Å²) in [6.45, 7) is 4.71. The van der Waals surface area contributed by atoms with Gasteiger partial charge in [0.05, 0.1) is 0 Å². The van der Waals surface area contributed by atoms with E-state index in [1.165, 1.54) is 5.57 Å². The van der Waals surface area contributed by atoms with Crippen LogP contribution in [0.4, 0.5) is 0 Å². The van der Waals surface area contributed by atoms with Gasteiger partial charge >= 0.3 is 11.9 Å². The summed E-state index contributed by atoms with van der Waals surface area (Å²) in [5, 5.41) is 9.37.